The van der Waals surface area contributed by atoms with Crippen LogP contribution in [0.1, 0.15) is 39.4 Å². The zero-order chi connectivity index (χ0) is 19.4. The number of methoxy groups -OCH3 is 2. The monoisotopic (exact) mass is 370 g/mol. The van der Waals surface area contributed by atoms with Crippen LogP contribution >= 0.6 is 0 Å². The molecule has 0 saturated carbocycles. The smallest absolute Gasteiger partial charge is 0.275 e. The normalized spacial score (nSPS) is 13.4. The number of aromatic nitrogens is 2. The maximum absolute atomic E-state index is 12.9. The highest BCUT2D eigenvalue weighted by Gasteiger charge is 2.25. The minimum absolute atomic E-state index is 0.154. The summed E-state index contributed by atoms with van der Waals surface area (Å²) in [4.78, 5) is 35.4. The van der Waals surface area contributed by atoms with Gasteiger partial charge in [0.15, 0.2) is 11.5 Å². The molecule has 0 atom stereocenters. The molecule has 1 aromatic carbocycles. The van der Waals surface area contributed by atoms with Crippen LogP contribution in [0.15, 0.2) is 24.5 Å². The topological polar surface area (TPSA) is 93.7 Å². The minimum atomic E-state index is -0.454. The van der Waals surface area contributed by atoms with E-state index in [4.69, 9.17) is 9.47 Å². The Morgan fingerprint density at radius 1 is 1.04 bits per heavy atom. The van der Waals surface area contributed by atoms with Gasteiger partial charge >= 0.3 is 0 Å². The van der Waals surface area contributed by atoms with Crippen LogP contribution < -0.4 is 14.8 Å². The molecule has 0 unspecified atom stereocenters. The largest absolute Gasteiger partial charge is 0.493 e. The van der Waals surface area contributed by atoms with Gasteiger partial charge in [-0.25, -0.2) is 4.98 Å². The molecular weight excluding hydrogens is 348 g/mol. The third kappa shape index (κ3) is 3.99. The highest BCUT2D eigenvalue weighted by atomic mass is 16.5. The van der Waals surface area contributed by atoms with Gasteiger partial charge in [0.2, 0.25) is 0 Å². The molecule has 1 aliphatic rings. The van der Waals surface area contributed by atoms with Crippen LogP contribution in [0.3, 0.4) is 0 Å². The number of hydrogen-bond acceptors (Lipinski definition) is 6. The van der Waals surface area contributed by atoms with E-state index in [9.17, 15) is 9.59 Å². The third-order valence-corrected chi connectivity index (χ3v) is 4.41. The number of nitrogens with zero attached hydrogens (tertiary/aromatic N) is 3. The minimum Gasteiger partial charge on any atom is -0.493 e. The number of rotatable bonds is 5. The Bertz CT molecular complexity index is 846. The fourth-order valence-corrected chi connectivity index (χ4v) is 2.95. The van der Waals surface area contributed by atoms with Crippen LogP contribution in [0.25, 0.3) is 0 Å². The number of anilines is 1. The maximum atomic E-state index is 12.9. The number of aryl methyl sites for hydroxylation is 1. The lowest BCUT2D eigenvalue weighted by molar-refractivity contribution is 0.0793. The Labute approximate surface area is 157 Å². The first-order valence-electron chi connectivity index (χ1n) is 8.68. The van der Waals surface area contributed by atoms with Crippen molar-refractivity contribution in [2.75, 3.05) is 32.6 Å². The van der Waals surface area contributed by atoms with Gasteiger partial charge in [0, 0.05) is 25.4 Å². The standard InChI is InChI=1S/C19H22N4O4/c1-12-10-21-15(11-20-12)18(24)22-14-9-17(27-3)16(26-2)8-13(14)19(25)23-6-4-5-7-23/h8-11H,4-7H2,1-3H3,(H,22,24). The van der Waals surface area contributed by atoms with E-state index in [1.807, 2.05) is 0 Å². The summed E-state index contributed by atoms with van der Waals surface area (Å²) in [5.74, 6) is 0.234. The number of amides is 2. The van der Waals surface area contributed by atoms with Gasteiger partial charge in [-0.3, -0.25) is 14.6 Å². The Balaban J connectivity index is 1.96. The van der Waals surface area contributed by atoms with Gasteiger partial charge in [-0.2, -0.15) is 0 Å². The van der Waals surface area contributed by atoms with E-state index < -0.39 is 5.91 Å². The van der Waals surface area contributed by atoms with Gasteiger partial charge in [-0.1, -0.05) is 0 Å². The molecule has 2 heterocycles. The van der Waals surface area contributed by atoms with Crippen molar-refractivity contribution in [2.45, 2.75) is 19.8 Å². The molecule has 0 bridgehead atoms. The number of ether oxygens (including phenoxy) is 2. The first-order valence-corrected chi connectivity index (χ1v) is 8.68. The quantitative estimate of drug-likeness (QED) is 0.868. The van der Waals surface area contributed by atoms with E-state index >= 15 is 0 Å². The molecule has 0 aliphatic carbocycles. The number of nitrogens with one attached hydrogen (secondary N) is 1. The van der Waals surface area contributed by atoms with Crippen molar-refractivity contribution < 1.29 is 19.1 Å². The predicted molar refractivity (Wildman–Crippen MR) is 99.4 cm³/mol. The molecule has 1 fully saturated rings. The Morgan fingerprint density at radius 2 is 1.70 bits per heavy atom. The molecular formula is C19H22N4O4. The van der Waals surface area contributed by atoms with E-state index in [0.29, 0.717) is 41.5 Å². The zero-order valence-electron chi connectivity index (χ0n) is 15.6. The average Bonchev–Trinajstić information content (AvgIpc) is 3.22. The number of hydrogen-bond donors (Lipinski definition) is 1. The van der Waals surface area contributed by atoms with Crippen LogP contribution in [0.4, 0.5) is 5.69 Å². The first-order chi connectivity index (χ1) is 13.0. The maximum Gasteiger partial charge on any atom is 0.275 e. The van der Waals surface area contributed by atoms with E-state index in [1.54, 1.807) is 24.0 Å². The van der Waals surface area contributed by atoms with Crippen molar-refractivity contribution in [1.29, 1.82) is 0 Å². The molecule has 142 valence electrons. The molecule has 0 radical (unpaired) electrons. The first kappa shape index (κ1) is 18.6. The second kappa shape index (κ2) is 8.03. The average molecular weight is 370 g/mol. The molecule has 1 aromatic heterocycles. The molecule has 1 N–H and O–H groups in total. The molecule has 27 heavy (non-hydrogen) atoms. The molecule has 0 spiro atoms. The molecule has 1 aliphatic heterocycles. The third-order valence-electron chi connectivity index (χ3n) is 4.41. The lowest BCUT2D eigenvalue weighted by Gasteiger charge is -2.20. The lowest BCUT2D eigenvalue weighted by atomic mass is 10.1. The molecule has 3 rings (SSSR count). The second-order valence-electron chi connectivity index (χ2n) is 6.25. The number of carbonyl (C=O) groups excluding carboxylic acids is 2. The fraction of sp³-hybridized carbons (Fsp3) is 0.368. The van der Waals surface area contributed by atoms with Crippen LogP contribution in [0.2, 0.25) is 0 Å². The molecule has 8 heteroatoms. The van der Waals surface area contributed by atoms with E-state index in [0.717, 1.165) is 12.8 Å². The highest BCUT2D eigenvalue weighted by molar-refractivity contribution is 6.08. The summed E-state index contributed by atoms with van der Waals surface area (Å²) < 4.78 is 10.6. The Hall–Kier alpha value is -3.16. The van der Waals surface area contributed by atoms with Crippen LogP contribution in [-0.4, -0.2) is 54.0 Å². The van der Waals surface area contributed by atoms with Crippen LogP contribution in [0.5, 0.6) is 11.5 Å². The van der Waals surface area contributed by atoms with Crippen molar-refractivity contribution in [3.8, 4) is 11.5 Å². The summed E-state index contributed by atoms with van der Waals surface area (Å²) in [6, 6.07) is 3.18. The van der Waals surface area contributed by atoms with Gasteiger partial charge in [-0.15, -0.1) is 0 Å². The molecule has 8 nitrogen and oxygen atoms in total. The van der Waals surface area contributed by atoms with E-state index in [1.165, 1.54) is 26.6 Å². The van der Waals surface area contributed by atoms with Crippen LogP contribution in [0, 0.1) is 6.92 Å². The summed E-state index contributed by atoms with van der Waals surface area (Å²) in [5.41, 5.74) is 1.57. The Kier molecular flexibility index (Phi) is 5.54. The van der Waals surface area contributed by atoms with Crippen molar-refractivity contribution in [1.82, 2.24) is 14.9 Å². The van der Waals surface area contributed by atoms with Gasteiger partial charge in [0.1, 0.15) is 5.69 Å². The van der Waals surface area contributed by atoms with Gasteiger partial charge in [-0.05, 0) is 25.8 Å². The fourth-order valence-electron chi connectivity index (χ4n) is 2.95. The highest BCUT2D eigenvalue weighted by Crippen LogP contribution is 2.34. The summed E-state index contributed by atoms with van der Waals surface area (Å²) >= 11 is 0. The lowest BCUT2D eigenvalue weighted by Crippen LogP contribution is -2.29. The molecule has 2 aromatic rings. The summed E-state index contributed by atoms with van der Waals surface area (Å²) in [5, 5.41) is 2.75. The van der Waals surface area contributed by atoms with Crippen LogP contribution in [-0.2, 0) is 0 Å². The summed E-state index contributed by atoms with van der Waals surface area (Å²) in [7, 11) is 3.00. The van der Waals surface area contributed by atoms with E-state index in [-0.39, 0.29) is 11.6 Å². The van der Waals surface area contributed by atoms with Gasteiger partial charge < -0.3 is 19.7 Å². The molecule has 2 amide bonds. The van der Waals surface area contributed by atoms with E-state index in [2.05, 4.69) is 15.3 Å². The SMILES string of the molecule is COc1cc(NC(=O)c2cnc(C)cn2)c(C(=O)N2CCCC2)cc1OC. The zero-order valence-corrected chi connectivity index (χ0v) is 15.6. The number of likely N-dealkylation sites (tertiary alicyclic amines) is 1. The van der Waals surface area contributed by atoms with Gasteiger partial charge in [0.05, 0.1) is 37.4 Å². The molecule has 1 saturated heterocycles. The number of benzene rings is 1. The number of carbonyl (C=O) groups is 2. The van der Waals surface area contributed by atoms with Gasteiger partial charge in [0.25, 0.3) is 11.8 Å². The predicted octanol–water partition coefficient (Wildman–Crippen LogP) is 2.29. The van der Waals surface area contributed by atoms with Crippen molar-refractivity contribution in [2.24, 2.45) is 0 Å². The Morgan fingerprint density at radius 3 is 2.30 bits per heavy atom. The van der Waals surface area contributed by atoms with Crippen molar-refractivity contribution in [3.63, 3.8) is 0 Å². The second-order valence-corrected chi connectivity index (χ2v) is 6.25. The summed E-state index contributed by atoms with van der Waals surface area (Å²) in [6.07, 6.45) is 4.85. The van der Waals surface area contributed by atoms with Crippen molar-refractivity contribution >= 4 is 17.5 Å². The van der Waals surface area contributed by atoms with Crippen molar-refractivity contribution in [3.05, 3.63) is 41.5 Å². The summed E-state index contributed by atoms with van der Waals surface area (Å²) in [6.45, 7) is 3.18.